The second-order valence-electron chi connectivity index (χ2n) is 9.96. The molecule has 7 aromatic rings. The minimum Gasteiger partial charge on any atom is -0.337 e. The number of para-hydroxylation sites is 1. The van der Waals surface area contributed by atoms with Gasteiger partial charge in [0.05, 0.1) is 33.0 Å². The van der Waals surface area contributed by atoms with Crippen molar-refractivity contribution in [3.8, 4) is 33.2 Å². The monoisotopic (exact) mass is 573 g/mol. The van der Waals surface area contributed by atoms with E-state index in [1.54, 1.807) is 25.5 Å². The van der Waals surface area contributed by atoms with Gasteiger partial charge in [0.1, 0.15) is 11.4 Å². The number of rotatable bonds is 8. The first-order valence-corrected chi connectivity index (χ1v) is 14.2. The van der Waals surface area contributed by atoms with Crippen LogP contribution in [0.1, 0.15) is 27.7 Å². The van der Waals surface area contributed by atoms with Crippen molar-refractivity contribution in [1.82, 2.24) is 35.5 Å². The molecule has 0 unspecified atom stereocenters. The summed E-state index contributed by atoms with van der Waals surface area (Å²) < 4.78 is 16.2. The molecule has 0 spiro atoms. The lowest BCUT2D eigenvalue weighted by molar-refractivity contribution is 0.102. The second kappa shape index (κ2) is 10.7. The van der Waals surface area contributed by atoms with Gasteiger partial charge in [0.2, 0.25) is 0 Å². The van der Waals surface area contributed by atoms with Crippen molar-refractivity contribution in [2.75, 3.05) is 0 Å². The van der Waals surface area contributed by atoms with E-state index in [-0.39, 0.29) is 11.5 Å². The Labute approximate surface area is 243 Å². The van der Waals surface area contributed by atoms with Gasteiger partial charge < -0.3 is 10.3 Å². The molecule has 0 amide bonds. The van der Waals surface area contributed by atoms with Crippen LogP contribution in [0.5, 0.6) is 0 Å². The Morgan fingerprint density at radius 1 is 0.929 bits per heavy atom. The fraction of sp³-hybridized carbons (Fsp3) is 0.0938. The highest BCUT2D eigenvalue weighted by molar-refractivity contribution is 7.17. The lowest BCUT2D eigenvalue weighted by Gasteiger charge is -2.08. The van der Waals surface area contributed by atoms with Crippen LogP contribution in [0.25, 0.3) is 55.2 Å². The minimum absolute atomic E-state index is 0.0215. The van der Waals surface area contributed by atoms with Gasteiger partial charge in [-0.25, -0.2) is 9.37 Å². The van der Waals surface area contributed by atoms with Gasteiger partial charge in [-0.1, -0.05) is 42.5 Å². The van der Waals surface area contributed by atoms with Crippen LogP contribution < -0.4 is 5.32 Å². The van der Waals surface area contributed by atoms with E-state index in [1.807, 2.05) is 54.6 Å². The van der Waals surface area contributed by atoms with E-state index in [0.717, 1.165) is 27.0 Å². The minimum atomic E-state index is -0.502. The summed E-state index contributed by atoms with van der Waals surface area (Å²) in [5, 5.41) is 11.0. The molecule has 0 saturated heterocycles. The summed E-state index contributed by atoms with van der Waals surface area (Å²) in [7, 11) is 0. The van der Waals surface area contributed by atoms with Gasteiger partial charge in [-0.2, -0.15) is 5.10 Å². The van der Waals surface area contributed by atoms with Crippen LogP contribution in [0, 0.1) is 5.82 Å². The van der Waals surface area contributed by atoms with Crippen molar-refractivity contribution in [2.45, 2.75) is 20.0 Å². The molecule has 42 heavy (non-hydrogen) atoms. The molecule has 5 aromatic heterocycles. The van der Waals surface area contributed by atoms with E-state index in [4.69, 9.17) is 4.98 Å². The summed E-state index contributed by atoms with van der Waals surface area (Å²) in [5.74, 6) is -0.0502. The van der Waals surface area contributed by atoms with Crippen LogP contribution in [0.4, 0.5) is 4.39 Å². The number of nitrogens with one attached hydrogen (secondary N) is 3. The van der Waals surface area contributed by atoms with E-state index < -0.39 is 5.82 Å². The third-order valence-corrected chi connectivity index (χ3v) is 8.29. The fourth-order valence-corrected chi connectivity index (χ4v) is 5.95. The number of Topliss-reactive ketones (excluding diaryl/α,β-unsaturated/α-hetero) is 1. The number of aromatic amines is 2. The molecule has 2 aromatic carbocycles. The van der Waals surface area contributed by atoms with Crippen LogP contribution in [0.2, 0.25) is 0 Å². The third-order valence-electron chi connectivity index (χ3n) is 7.07. The Hall–Kier alpha value is -5.06. The van der Waals surface area contributed by atoms with Gasteiger partial charge >= 0.3 is 0 Å². The number of H-pyrrole nitrogens is 2. The van der Waals surface area contributed by atoms with Crippen LogP contribution in [0.15, 0.2) is 85.3 Å². The van der Waals surface area contributed by atoms with Crippen molar-refractivity contribution in [3.63, 3.8) is 0 Å². The maximum absolute atomic E-state index is 16.2. The van der Waals surface area contributed by atoms with Gasteiger partial charge in [0, 0.05) is 41.5 Å². The lowest BCUT2D eigenvalue weighted by atomic mass is 10.1. The Bertz CT molecular complexity index is 2080. The first-order chi connectivity index (χ1) is 20.5. The molecule has 8 nitrogen and oxygen atoms in total. The quantitative estimate of drug-likeness (QED) is 0.170. The number of imidazole rings is 1. The maximum atomic E-state index is 16.2. The van der Waals surface area contributed by atoms with Crippen molar-refractivity contribution in [2.24, 2.45) is 0 Å². The predicted molar refractivity (Wildman–Crippen MR) is 162 cm³/mol. The number of carbonyl (C=O) groups is 1. The molecule has 0 aliphatic rings. The topological polar surface area (TPSA) is 112 Å². The molecular weight excluding hydrogens is 549 g/mol. The predicted octanol–water partition coefficient (Wildman–Crippen LogP) is 6.92. The molecular formula is C32H24FN7OS. The fourth-order valence-electron chi connectivity index (χ4n) is 5.02. The number of thiophene rings is 1. The van der Waals surface area contributed by atoms with Crippen molar-refractivity contribution >= 4 is 39.1 Å². The maximum Gasteiger partial charge on any atom is 0.169 e. The zero-order chi connectivity index (χ0) is 28.6. The lowest BCUT2D eigenvalue weighted by Crippen LogP contribution is -2.12. The van der Waals surface area contributed by atoms with Crippen molar-refractivity contribution < 1.29 is 9.18 Å². The molecule has 0 atom stereocenters. The molecule has 5 heterocycles. The number of hydrogen-bond acceptors (Lipinski definition) is 7. The SMILES string of the molecule is CC(=O)c1ccc(-c2cccc3[nH]c(-c4n[nH]c5cnc(-c6cncc(CNCc7ccccc7)c6)c(F)c45)nc23)s1. The number of benzene rings is 2. The summed E-state index contributed by atoms with van der Waals surface area (Å²) in [6, 6.07) is 21.6. The van der Waals surface area contributed by atoms with E-state index >= 15 is 4.39 Å². The molecule has 10 heteroatoms. The normalized spacial score (nSPS) is 11.5. The zero-order valence-corrected chi connectivity index (χ0v) is 23.3. The Morgan fingerprint density at radius 3 is 2.62 bits per heavy atom. The van der Waals surface area contributed by atoms with Gasteiger partial charge in [0.15, 0.2) is 17.4 Å². The second-order valence-corrected chi connectivity index (χ2v) is 11.0. The molecule has 206 valence electrons. The molecule has 3 N–H and O–H groups in total. The number of aromatic nitrogens is 6. The van der Waals surface area contributed by atoms with Crippen molar-refractivity contribution in [1.29, 1.82) is 0 Å². The summed E-state index contributed by atoms with van der Waals surface area (Å²) in [6.07, 6.45) is 4.95. The largest absolute Gasteiger partial charge is 0.337 e. The summed E-state index contributed by atoms with van der Waals surface area (Å²) >= 11 is 1.42. The van der Waals surface area contributed by atoms with Gasteiger partial charge in [-0.3, -0.25) is 19.9 Å². The highest BCUT2D eigenvalue weighted by Crippen LogP contribution is 2.36. The molecule has 0 aliphatic heterocycles. The Balaban J connectivity index is 1.23. The standard InChI is InChI=1S/C32H24FN7OS/c1-18(41)25-10-11-26(42-25)22-8-5-9-23-30(22)38-32(37-23)31-27-24(39-40-31)17-36-29(28(27)33)21-12-20(15-35-16-21)14-34-13-19-6-3-2-4-7-19/h2-12,15-17,34H,13-14H2,1H3,(H,37,38)(H,39,40). The third kappa shape index (κ3) is 4.76. The molecule has 0 fully saturated rings. The summed E-state index contributed by atoms with van der Waals surface area (Å²) in [6.45, 7) is 2.85. The Morgan fingerprint density at radius 2 is 1.79 bits per heavy atom. The number of carbonyl (C=O) groups excluding carboxylic acids is 1. The molecule has 0 saturated carbocycles. The average molecular weight is 574 g/mol. The first-order valence-electron chi connectivity index (χ1n) is 13.4. The van der Waals surface area contributed by atoms with Crippen LogP contribution >= 0.6 is 11.3 Å². The van der Waals surface area contributed by atoms with Crippen LogP contribution in [-0.2, 0) is 13.1 Å². The Kier molecular flexibility index (Phi) is 6.61. The van der Waals surface area contributed by atoms with Gasteiger partial charge in [-0.15, -0.1) is 11.3 Å². The highest BCUT2D eigenvalue weighted by Gasteiger charge is 2.21. The van der Waals surface area contributed by atoms with E-state index in [0.29, 0.717) is 46.0 Å². The smallest absolute Gasteiger partial charge is 0.169 e. The molecule has 0 bridgehead atoms. The highest BCUT2D eigenvalue weighted by atomic mass is 32.1. The zero-order valence-electron chi connectivity index (χ0n) is 22.5. The van der Waals surface area contributed by atoms with E-state index in [2.05, 4.69) is 42.6 Å². The molecule has 0 aliphatic carbocycles. The number of pyridine rings is 2. The van der Waals surface area contributed by atoms with E-state index in [1.165, 1.54) is 16.9 Å². The molecule has 0 radical (unpaired) electrons. The van der Waals surface area contributed by atoms with Crippen LogP contribution in [0.3, 0.4) is 0 Å². The number of nitrogens with zero attached hydrogens (tertiary/aromatic N) is 4. The number of halogens is 1. The van der Waals surface area contributed by atoms with Crippen LogP contribution in [-0.4, -0.2) is 35.9 Å². The number of fused-ring (bicyclic) bond motifs is 2. The van der Waals surface area contributed by atoms with Gasteiger partial charge in [0.25, 0.3) is 0 Å². The summed E-state index contributed by atoms with van der Waals surface area (Å²) in [5.41, 5.74) is 6.08. The van der Waals surface area contributed by atoms with Crippen molar-refractivity contribution in [3.05, 3.63) is 107 Å². The average Bonchev–Trinajstić information content (AvgIpc) is 3.76. The molecule has 7 rings (SSSR count). The number of ketones is 1. The first kappa shape index (κ1) is 25.9. The van der Waals surface area contributed by atoms with E-state index in [9.17, 15) is 4.79 Å². The number of hydrogen-bond donors (Lipinski definition) is 3. The summed E-state index contributed by atoms with van der Waals surface area (Å²) in [4.78, 5) is 30.3. The van der Waals surface area contributed by atoms with Gasteiger partial charge in [-0.05, 0) is 42.3 Å².